The molecule has 0 atom stereocenters. The Morgan fingerprint density at radius 2 is 1.59 bits per heavy atom. The molecule has 0 saturated heterocycles. The number of nitro groups is 2. The number of aromatic nitrogens is 1. The number of H-pyrrole nitrogens is 1. The van der Waals surface area contributed by atoms with Crippen molar-refractivity contribution in [3.63, 3.8) is 0 Å². The molecule has 0 aliphatic carbocycles. The summed E-state index contributed by atoms with van der Waals surface area (Å²) in [5.74, 6) is -4.84. The van der Waals surface area contributed by atoms with E-state index in [1.807, 2.05) is 4.98 Å². The number of ether oxygens (including phenoxy) is 1. The fourth-order valence-electron chi connectivity index (χ4n) is 3.07. The molecule has 0 bridgehead atoms. The van der Waals surface area contributed by atoms with Crippen molar-refractivity contribution in [3.8, 4) is 22.6 Å². The van der Waals surface area contributed by atoms with E-state index in [9.17, 15) is 44.8 Å². The van der Waals surface area contributed by atoms with Crippen molar-refractivity contribution in [2.24, 2.45) is 0 Å². The molecule has 14 nitrogen and oxygen atoms in total. The number of non-ortho nitro benzene ring substituents is 1. The predicted octanol–water partition coefficient (Wildman–Crippen LogP) is 3.39. The molecule has 174 valence electrons. The zero-order valence-electron chi connectivity index (χ0n) is 16.5. The molecule has 3 aromatic rings. The molecule has 1 heterocycles. The van der Waals surface area contributed by atoms with E-state index in [0.717, 1.165) is 12.1 Å². The van der Waals surface area contributed by atoms with E-state index in [2.05, 4.69) is 15.9 Å². The molecule has 0 aliphatic heterocycles. The number of hydrogen-bond acceptors (Lipinski definition) is 9. The van der Waals surface area contributed by atoms with Gasteiger partial charge in [-0.05, 0) is 24.3 Å². The number of halogens is 1. The lowest BCUT2D eigenvalue weighted by molar-refractivity contribution is -0.394. The van der Waals surface area contributed by atoms with Gasteiger partial charge >= 0.3 is 17.6 Å². The standard InChI is InChI=1S/C19H11BrN4O10/c20-7-1-3-11(34-12-4-2-8(23(30)31)6-10(12)24(32)33)9(5-7)13-14(18(26)27)16(21)22-17(25)15(13)19(28)29/h1-6H,(H,26,27)(H,28,29)(H3,21,22,25). The van der Waals surface area contributed by atoms with Crippen molar-refractivity contribution in [2.45, 2.75) is 0 Å². The summed E-state index contributed by atoms with van der Waals surface area (Å²) >= 11 is 3.15. The Hall–Kier alpha value is -4.79. The van der Waals surface area contributed by atoms with Crippen LogP contribution in [0.15, 0.2) is 45.7 Å². The van der Waals surface area contributed by atoms with Gasteiger partial charge in [-0.2, -0.15) is 0 Å². The van der Waals surface area contributed by atoms with Crippen LogP contribution in [0.1, 0.15) is 20.7 Å². The lowest BCUT2D eigenvalue weighted by Gasteiger charge is -2.16. The van der Waals surface area contributed by atoms with Gasteiger partial charge in [0.1, 0.15) is 22.7 Å². The maximum absolute atomic E-state index is 12.3. The molecule has 3 rings (SSSR count). The fraction of sp³-hybridized carbons (Fsp3) is 0. The number of rotatable bonds is 7. The van der Waals surface area contributed by atoms with Crippen LogP contribution in [0.2, 0.25) is 0 Å². The lowest BCUT2D eigenvalue weighted by atomic mass is 9.94. The highest BCUT2D eigenvalue weighted by Gasteiger charge is 2.29. The van der Waals surface area contributed by atoms with E-state index >= 15 is 0 Å². The van der Waals surface area contributed by atoms with Crippen LogP contribution >= 0.6 is 15.9 Å². The maximum Gasteiger partial charge on any atom is 0.342 e. The highest BCUT2D eigenvalue weighted by atomic mass is 79.9. The summed E-state index contributed by atoms with van der Waals surface area (Å²) < 4.78 is 5.88. The Bertz CT molecular complexity index is 1450. The van der Waals surface area contributed by atoms with Crippen LogP contribution < -0.4 is 16.0 Å². The Balaban J connectivity index is 2.35. The van der Waals surface area contributed by atoms with Gasteiger partial charge in [-0.1, -0.05) is 15.9 Å². The minimum atomic E-state index is -1.77. The van der Waals surface area contributed by atoms with E-state index in [1.54, 1.807) is 0 Å². The number of anilines is 1. The summed E-state index contributed by atoms with van der Waals surface area (Å²) in [6.07, 6.45) is 0. The average Bonchev–Trinajstić information content (AvgIpc) is 2.73. The molecule has 0 spiro atoms. The summed E-state index contributed by atoms with van der Waals surface area (Å²) in [7, 11) is 0. The molecule has 15 heteroatoms. The Labute approximate surface area is 195 Å². The van der Waals surface area contributed by atoms with Crippen LogP contribution in [0.3, 0.4) is 0 Å². The number of nitrogens with one attached hydrogen (secondary N) is 1. The lowest BCUT2D eigenvalue weighted by Crippen LogP contribution is -2.24. The predicted molar refractivity (Wildman–Crippen MR) is 118 cm³/mol. The number of benzene rings is 2. The molecule has 0 unspecified atom stereocenters. The summed E-state index contributed by atoms with van der Waals surface area (Å²) in [4.78, 5) is 58.7. The Morgan fingerprint density at radius 3 is 2.15 bits per heavy atom. The molecular weight excluding hydrogens is 524 g/mol. The molecule has 0 amide bonds. The summed E-state index contributed by atoms with van der Waals surface area (Å²) in [5, 5.41) is 41.7. The third kappa shape index (κ3) is 4.40. The second kappa shape index (κ2) is 8.99. The minimum absolute atomic E-state index is 0.255. The van der Waals surface area contributed by atoms with Crippen LogP contribution in [0.4, 0.5) is 17.2 Å². The number of aromatic carboxylic acids is 2. The van der Waals surface area contributed by atoms with Crippen molar-refractivity contribution >= 4 is 45.1 Å². The van der Waals surface area contributed by atoms with Gasteiger partial charge in [-0.3, -0.25) is 25.0 Å². The number of pyridine rings is 1. The summed E-state index contributed by atoms with van der Waals surface area (Å²) in [6.45, 7) is 0. The second-order valence-corrected chi connectivity index (χ2v) is 7.43. The van der Waals surface area contributed by atoms with Crippen LogP contribution in [0.5, 0.6) is 11.5 Å². The molecule has 0 aliphatic rings. The fourth-order valence-corrected chi connectivity index (χ4v) is 3.43. The number of nitrogen functional groups attached to an aromatic ring is 1. The van der Waals surface area contributed by atoms with Crippen LogP contribution in [0.25, 0.3) is 11.1 Å². The molecule has 0 fully saturated rings. The SMILES string of the molecule is Nc1[nH]c(=O)c(C(=O)O)c(-c2cc(Br)ccc2Oc2ccc([N+](=O)[O-])cc2[N+](=O)[O-])c1C(=O)O. The van der Waals surface area contributed by atoms with E-state index in [-0.39, 0.29) is 11.3 Å². The largest absolute Gasteiger partial charge is 0.478 e. The smallest absolute Gasteiger partial charge is 0.342 e. The van der Waals surface area contributed by atoms with Gasteiger partial charge in [0.2, 0.25) is 5.75 Å². The average molecular weight is 535 g/mol. The first-order valence-electron chi connectivity index (χ1n) is 8.85. The first-order chi connectivity index (χ1) is 15.9. The highest BCUT2D eigenvalue weighted by Crippen LogP contribution is 2.42. The number of carbonyl (C=O) groups is 2. The first-order valence-corrected chi connectivity index (χ1v) is 9.64. The van der Waals surface area contributed by atoms with Crippen molar-refractivity contribution < 1.29 is 34.4 Å². The van der Waals surface area contributed by atoms with Gasteiger partial charge in [0.25, 0.3) is 11.2 Å². The zero-order valence-corrected chi connectivity index (χ0v) is 18.1. The van der Waals surface area contributed by atoms with Gasteiger partial charge in [-0.25, -0.2) is 9.59 Å². The van der Waals surface area contributed by atoms with E-state index in [1.165, 1.54) is 18.2 Å². The minimum Gasteiger partial charge on any atom is -0.478 e. The highest BCUT2D eigenvalue weighted by molar-refractivity contribution is 9.10. The van der Waals surface area contributed by atoms with Gasteiger partial charge in [0, 0.05) is 21.7 Å². The van der Waals surface area contributed by atoms with E-state index in [0.29, 0.717) is 10.5 Å². The van der Waals surface area contributed by atoms with Gasteiger partial charge in [0.05, 0.1) is 15.9 Å². The number of nitrogens with zero attached hydrogens (tertiary/aromatic N) is 2. The molecular formula is C19H11BrN4O10. The third-order valence-electron chi connectivity index (χ3n) is 4.45. The van der Waals surface area contributed by atoms with Crippen LogP contribution in [-0.2, 0) is 0 Å². The second-order valence-electron chi connectivity index (χ2n) is 6.51. The van der Waals surface area contributed by atoms with E-state index < -0.39 is 67.0 Å². The summed E-state index contributed by atoms with van der Waals surface area (Å²) in [6, 6.07) is 6.39. The van der Waals surface area contributed by atoms with Gasteiger partial charge < -0.3 is 25.7 Å². The Kier molecular flexibility index (Phi) is 6.31. The number of aromatic amines is 1. The maximum atomic E-state index is 12.3. The van der Waals surface area contributed by atoms with Crippen molar-refractivity contribution in [1.82, 2.24) is 4.98 Å². The molecule has 2 aromatic carbocycles. The number of nitro benzene ring substituents is 2. The van der Waals surface area contributed by atoms with Gasteiger partial charge in [-0.15, -0.1) is 0 Å². The topological polar surface area (TPSA) is 229 Å². The third-order valence-corrected chi connectivity index (χ3v) is 4.95. The normalized spacial score (nSPS) is 10.5. The van der Waals surface area contributed by atoms with Crippen LogP contribution in [0, 0.1) is 20.2 Å². The number of nitrogens with two attached hydrogens (primary N) is 1. The first kappa shape index (κ1) is 23.9. The molecule has 0 radical (unpaired) electrons. The molecule has 34 heavy (non-hydrogen) atoms. The van der Waals surface area contributed by atoms with Crippen molar-refractivity contribution in [2.75, 3.05) is 5.73 Å². The van der Waals surface area contributed by atoms with Gasteiger partial charge in [0.15, 0.2) is 0 Å². The number of hydrogen-bond donors (Lipinski definition) is 4. The molecule has 1 aromatic heterocycles. The van der Waals surface area contributed by atoms with Crippen molar-refractivity contribution in [1.29, 1.82) is 0 Å². The zero-order chi connectivity index (χ0) is 25.3. The quantitative estimate of drug-likeness (QED) is 0.253. The Morgan fingerprint density at radius 1 is 0.971 bits per heavy atom. The molecule has 0 saturated carbocycles. The van der Waals surface area contributed by atoms with Crippen molar-refractivity contribution in [3.05, 3.63) is 82.6 Å². The van der Waals surface area contributed by atoms with E-state index in [4.69, 9.17) is 10.5 Å². The number of carboxylic acid groups (broad SMARTS) is 2. The monoisotopic (exact) mass is 534 g/mol. The molecule has 5 N–H and O–H groups in total. The van der Waals surface area contributed by atoms with Crippen LogP contribution in [-0.4, -0.2) is 37.0 Å². The number of carboxylic acids is 2. The summed E-state index contributed by atoms with van der Waals surface area (Å²) in [5.41, 5.74) is 0.495.